The van der Waals surface area contributed by atoms with E-state index in [0.717, 1.165) is 6.92 Å². The van der Waals surface area contributed by atoms with Crippen LogP contribution in [0.15, 0.2) is 41.0 Å². The Morgan fingerprint density at radius 1 is 1.03 bits per heavy atom. The lowest BCUT2D eigenvalue weighted by atomic mass is 9.44. The van der Waals surface area contributed by atoms with Gasteiger partial charge < -0.3 is 58.5 Å². The number of esters is 4. The highest BCUT2D eigenvalue weighted by Gasteiger charge is 2.78. The van der Waals surface area contributed by atoms with Crippen LogP contribution in [-0.2, 0) is 47.6 Å². The van der Waals surface area contributed by atoms with Gasteiger partial charge in [0.25, 0.3) is 0 Å². The van der Waals surface area contributed by atoms with E-state index < -0.39 is 118 Å². The Morgan fingerprint density at radius 3 is 2.25 bits per heavy atom. The van der Waals surface area contributed by atoms with Crippen molar-refractivity contribution in [1.82, 2.24) is 5.32 Å². The SMILES string of the molecule is COc1ccc(OC)c(C(=O)O[C@H]2C3[C@](C)(C(=O)[C@H](O)C4=C(C)[C@@H](OC(=O)[C@H](O)[C@H](C=C(C)C)NC(=O)OC(C)(C)C)C[C@]2(O)C4(C)C)[C@@H](OC(=O)CCSSC)C[C@H]2OC[C@@]32OC(C)=O)c1. The molecule has 2 bridgehead atoms. The summed E-state index contributed by atoms with van der Waals surface area (Å²) < 4.78 is 47.2. The number of amides is 1. The van der Waals surface area contributed by atoms with Crippen molar-refractivity contribution in [2.45, 2.75) is 148 Å². The quantitative estimate of drug-likeness (QED) is 0.0605. The van der Waals surface area contributed by atoms with E-state index in [9.17, 15) is 39.3 Å². The number of allylic oxidation sites excluding steroid dienone is 1. The smallest absolute Gasteiger partial charge is 0.408 e. The second-order valence-corrected chi connectivity index (χ2v) is 22.0. The molecule has 1 unspecified atom stereocenters. The van der Waals surface area contributed by atoms with Gasteiger partial charge in [0.05, 0.1) is 44.6 Å². The van der Waals surface area contributed by atoms with Crippen molar-refractivity contribution < 1.29 is 82.0 Å². The van der Waals surface area contributed by atoms with Crippen molar-refractivity contribution in [3.05, 3.63) is 46.6 Å². The minimum atomic E-state index is -2.48. The number of alkyl carbamates (subject to hydrolysis) is 1. The first-order valence-corrected chi connectivity index (χ1v) is 24.6. The summed E-state index contributed by atoms with van der Waals surface area (Å²) in [5, 5.41) is 40.4. The summed E-state index contributed by atoms with van der Waals surface area (Å²) in [5.74, 6) is -5.78. The molecule has 1 aromatic rings. The predicted molar refractivity (Wildman–Crippen MR) is 245 cm³/mol. The van der Waals surface area contributed by atoms with Gasteiger partial charge in [-0.1, -0.05) is 47.1 Å². The lowest BCUT2D eigenvalue weighted by Crippen LogP contribution is -2.82. The second-order valence-electron chi connectivity index (χ2n) is 19.4. The summed E-state index contributed by atoms with van der Waals surface area (Å²) >= 11 is 0. The number of aliphatic hydroxyl groups is 3. The lowest BCUT2D eigenvalue weighted by molar-refractivity contribution is -0.346. The van der Waals surface area contributed by atoms with E-state index in [1.165, 1.54) is 81.7 Å². The molecule has 20 heteroatoms. The zero-order valence-corrected chi connectivity index (χ0v) is 42.0. The van der Waals surface area contributed by atoms with Crippen LogP contribution in [-0.4, -0.2) is 143 Å². The highest BCUT2D eigenvalue weighted by molar-refractivity contribution is 8.76. The number of rotatable bonds is 15. The third kappa shape index (κ3) is 10.3. The maximum absolute atomic E-state index is 15.6. The monoisotopic (exact) mass is 979 g/mol. The third-order valence-corrected chi connectivity index (χ3v) is 15.1. The number of ether oxygens (including phenoxy) is 8. The summed E-state index contributed by atoms with van der Waals surface area (Å²) in [6, 6.07) is 2.99. The first-order valence-electron chi connectivity index (χ1n) is 21.9. The molecule has 11 atom stereocenters. The Labute approximate surface area is 398 Å². The van der Waals surface area contributed by atoms with E-state index in [2.05, 4.69) is 5.32 Å². The van der Waals surface area contributed by atoms with Gasteiger partial charge in [0, 0.05) is 30.9 Å². The molecule has 372 valence electrons. The van der Waals surface area contributed by atoms with Crippen LogP contribution >= 0.6 is 21.6 Å². The molecule has 0 aromatic heterocycles. The highest BCUT2D eigenvalue weighted by atomic mass is 33.1. The van der Waals surface area contributed by atoms with Gasteiger partial charge in [-0.15, -0.1) is 0 Å². The third-order valence-electron chi connectivity index (χ3n) is 13.3. The number of fused-ring (bicyclic) bond motifs is 5. The normalized spacial score (nSPS) is 30.5. The number of carbonyl (C=O) groups is 6. The Morgan fingerprint density at radius 2 is 1.70 bits per heavy atom. The van der Waals surface area contributed by atoms with Gasteiger partial charge in [-0.2, -0.15) is 0 Å². The topological polar surface area (TPSA) is 249 Å². The van der Waals surface area contributed by atoms with Gasteiger partial charge in [0.1, 0.15) is 58.8 Å². The highest BCUT2D eigenvalue weighted by Crippen LogP contribution is 2.64. The predicted octanol–water partition coefficient (Wildman–Crippen LogP) is 4.82. The zero-order chi connectivity index (χ0) is 50.2. The first-order chi connectivity index (χ1) is 31.1. The fraction of sp³-hybridized carbons (Fsp3) is 0.660. The molecule has 2 saturated carbocycles. The number of carbonyl (C=O) groups excluding carboxylic acids is 6. The minimum Gasteiger partial charge on any atom is -0.497 e. The molecule has 0 radical (unpaired) electrons. The van der Waals surface area contributed by atoms with Crippen molar-refractivity contribution in [2.24, 2.45) is 16.7 Å². The molecule has 5 rings (SSSR count). The van der Waals surface area contributed by atoms with Crippen molar-refractivity contribution >= 4 is 57.3 Å². The number of nitrogens with one attached hydrogen (secondary N) is 1. The summed E-state index contributed by atoms with van der Waals surface area (Å²) in [5.41, 5.74) is -8.62. The Bertz CT molecular complexity index is 2160. The number of hydrogen-bond acceptors (Lipinski definition) is 19. The van der Waals surface area contributed by atoms with Crippen LogP contribution in [0, 0.1) is 16.7 Å². The van der Waals surface area contributed by atoms with Gasteiger partial charge >= 0.3 is 30.0 Å². The average molecular weight is 980 g/mol. The fourth-order valence-electron chi connectivity index (χ4n) is 10.1. The van der Waals surface area contributed by atoms with Crippen LogP contribution in [0.4, 0.5) is 4.79 Å². The van der Waals surface area contributed by atoms with Gasteiger partial charge in [-0.05, 0) is 84.1 Å². The van der Waals surface area contributed by atoms with Gasteiger partial charge in [0.15, 0.2) is 17.5 Å². The van der Waals surface area contributed by atoms with Gasteiger partial charge in [-0.3, -0.25) is 14.4 Å². The average Bonchev–Trinajstić information content (AvgIpc) is 3.22. The number of benzene rings is 1. The molecule has 3 fully saturated rings. The number of hydrogen-bond donors (Lipinski definition) is 4. The van der Waals surface area contributed by atoms with Crippen LogP contribution < -0.4 is 14.8 Å². The summed E-state index contributed by atoms with van der Waals surface area (Å²) in [4.78, 5) is 84.4. The zero-order valence-electron chi connectivity index (χ0n) is 40.3. The van der Waals surface area contributed by atoms with Gasteiger partial charge in [0.2, 0.25) is 0 Å². The number of aliphatic hydroxyl groups excluding tert-OH is 2. The molecule has 1 heterocycles. The van der Waals surface area contributed by atoms with Crippen LogP contribution in [0.2, 0.25) is 0 Å². The fourth-order valence-corrected chi connectivity index (χ4v) is 11.3. The number of ketones is 1. The Balaban J connectivity index is 1.75. The van der Waals surface area contributed by atoms with Crippen molar-refractivity contribution in [3.63, 3.8) is 0 Å². The molecular formula is C47H65NO17S2. The standard InChI is InChI=1S/C47H65NO17S2/c1-23(2)18-28(48-42(56)65-43(5,6)7)35(51)41(55)61-30-21-47(57)39(63-40(54)27-19-26(58-11)14-15-29(27)59-12)37-45(10,38(53)36(52)34(24(30)3)44(47,8)9)31(62-33(50)16-17-67-66-13)20-32-46(37,22-60-32)64-25(4)49/h14-15,18-19,28,30-32,35-37,39,51-52,57H,16-17,20-22H2,1-13H3,(H,48,56)/t28-,30-,31-,32+,35+,36+,37?,39-,45+,46-,47+/m0/s1. The van der Waals surface area contributed by atoms with E-state index >= 15 is 4.79 Å². The molecule has 3 aliphatic carbocycles. The first kappa shape index (κ1) is 53.6. The number of methoxy groups -OCH3 is 2. The molecule has 4 aliphatic rings. The molecule has 4 N–H and O–H groups in total. The van der Waals surface area contributed by atoms with Crippen LogP contribution in [0.25, 0.3) is 0 Å². The molecule has 0 spiro atoms. The minimum absolute atomic E-state index is 0.0436. The summed E-state index contributed by atoms with van der Waals surface area (Å²) in [6.07, 6.45) is -8.60. The van der Waals surface area contributed by atoms with Crippen molar-refractivity contribution in [3.8, 4) is 11.5 Å². The van der Waals surface area contributed by atoms with Crippen LogP contribution in [0.1, 0.15) is 98.9 Å². The summed E-state index contributed by atoms with van der Waals surface area (Å²) in [6.45, 7) is 15.0. The molecule has 67 heavy (non-hydrogen) atoms. The molecule has 1 aromatic carbocycles. The van der Waals surface area contributed by atoms with E-state index in [0.29, 0.717) is 11.3 Å². The van der Waals surface area contributed by atoms with E-state index in [4.69, 9.17) is 37.9 Å². The maximum Gasteiger partial charge on any atom is 0.408 e. The van der Waals surface area contributed by atoms with Crippen LogP contribution in [0.3, 0.4) is 0 Å². The summed E-state index contributed by atoms with van der Waals surface area (Å²) in [7, 11) is 5.57. The maximum atomic E-state index is 15.6. The largest absolute Gasteiger partial charge is 0.497 e. The second kappa shape index (κ2) is 20.3. The van der Waals surface area contributed by atoms with Gasteiger partial charge in [-0.25, -0.2) is 14.4 Å². The molecule has 18 nitrogen and oxygen atoms in total. The van der Waals surface area contributed by atoms with Crippen molar-refractivity contribution in [2.75, 3.05) is 32.8 Å². The van der Waals surface area contributed by atoms with E-state index in [-0.39, 0.29) is 47.7 Å². The van der Waals surface area contributed by atoms with E-state index in [1.54, 1.807) is 40.7 Å². The Hall–Kier alpha value is -4.34. The Kier molecular flexibility index (Phi) is 16.3. The van der Waals surface area contributed by atoms with Crippen LogP contribution in [0.5, 0.6) is 11.5 Å². The molecule has 1 amide bonds. The number of Topliss-reactive ketones (excluding diaryl/α,β-unsaturated/α-hetero) is 1. The molecular weight excluding hydrogens is 915 g/mol. The molecule has 1 saturated heterocycles. The lowest BCUT2D eigenvalue weighted by Gasteiger charge is -2.67. The van der Waals surface area contributed by atoms with Crippen molar-refractivity contribution in [1.29, 1.82) is 0 Å². The van der Waals surface area contributed by atoms with E-state index in [1.807, 2.05) is 6.26 Å². The molecule has 1 aliphatic heterocycles.